The quantitative estimate of drug-likeness (QED) is 0.350. The van der Waals surface area contributed by atoms with E-state index in [1.54, 1.807) is 11.3 Å². The van der Waals surface area contributed by atoms with Crippen molar-refractivity contribution in [1.29, 1.82) is 0 Å². The smallest absolute Gasteiger partial charge is 0.159 e. The molecule has 0 fully saturated rings. The van der Waals surface area contributed by atoms with Crippen LogP contribution in [0, 0.1) is 0 Å². The normalized spacial score (nSPS) is 13.7. The molecule has 0 N–H and O–H groups in total. The Hall–Kier alpha value is -3.61. The highest BCUT2D eigenvalue weighted by Gasteiger charge is 2.22. The summed E-state index contributed by atoms with van der Waals surface area (Å²) in [6, 6.07) is 24.7. The lowest BCUT2D eigenvalue weighted by Crippen LogP contribution is -2.31. The molecular weight excluding hydrogens is 426 g/mol. The molecule has 5 nitrogen and oxygen atoms in total. The first-order valence-electron chi connectivity index (χ1n) is 11.1. The molecule has 0 saturated heterocycles. The van der Waals surface area contributed by atoms with Gasteiger partial charge in [0.2, 0.25) is 0 Å². The SMILES string of the molecule is c1ccc(-c2ncc3c(n2)CCN(Cc2cn(-c4ccccc4)nc2-c2cccs2)C3)cc1. The van der Waals surface area contributed by atoms with Gasteiger partial charge in [-0.25, -0.2) is 14.6 Å². The van der Waals surface area contributed by atoms with Gasteiger partial charge in [-0.3, -0.25) is 4.90 Å². The molecule has 0 atom stereocenters. The maximum Gasteiger partial charge on any atom is 0.159 e. The topological polar surface area (TPSA) is 46.8 Å². The molecule has 3 aromatic heterocycles. The molecule has 162 valence electrons. The Bertz CT molecular complexity index is 1360. The summed E-state index contributed by atoms with van der Waals surface area (Å²) in [5, 5.41) is 7.06. The van der Waals surface area contributed by atoms with Crippen LogP contribution in [0.15, 0.2) is 90.6 Å². The molecule has 0 aliphatic carbocycles. The molecule has 2 aromatic carbocycles. The van der Waals surface area contributed by atoms with E-state index >= 15 is 0 Å². The molecule has 5 aromatic rings. The van der Waals surface area contributed by atoms with Crippen molar-refractivity contribution < 1.29 is 0 Å². The predicted octanol–water partition coefficient (Wildman–Crippen LogP) is 5.62. The fourth-order valence-corrected chi connectivity index (χ4v) is 5.08. The number of aromatic nitrogens is 4. The zero-order chi connectivity index (χ0) is 22.0. The van der Waals surface area contributed by atoms with Crippen LogP contribution in [0.1, 0.15) is 16.8 Å². The van der Waals surface area contributed by atoms with Crippen LogP contribution in [0.4, 0.5) is 0 Å². The Morgan fingerprint density at radius 2 is 1.73 bits per heavy atom. The third kappa shape index (κ3) is 4.11. The van der Waals surface area contributed by atoms with Gasteiger partial charge in [0, 0.05) is 55.1 Å². The molecule has 4 heterocycles. The standard InChI is InChI=1S/C27H23N5S/c1-3-8-20(9-4-1)27-28-16-21-17-31(14-13-24(21)29-27)18-22-19-32(23-10-5-2-6-11-23)30-26(22)25-12-7-15-33-25/h1-12,15-16,19H,13-14,17-18H2. The lowest BCUT2D eigenvalue weighted by Gasteiger charge is -2.28. The molecule has 6 rings (SSSR count). The predicted molar refractivity (Wildman–Crippen MR) is 132 cm³/mol. The molecule has 1 aliphatic heterocycles. The molecule has 1 aliphatic rings. The third-order valence-corrected chi connectivity index (χ3v) is 6.88. The summed E-state index contributed by atoms with van der Waals surface area (Å²) in [6.45, 7) is 2.67. The molecule has 0 spiro atoms. The maximum atomic E-state index is 4.95. The minimum absolute atomic E-state index is 0.812. The van der Waals surface area contributed by atoms with Crippen molar-refractivity contribution in [2.45, 2.75) is 19.5 Å². The zero-order valence-electron chi connectivity index (χ0n) is 18.1. The number of para-hydroxylation sites is 1. The van der Waals surface area contributed by atoms with Crippen molar-refractivity contribution in [2.24, 2.45) is 0 Å². The van der Waals surface area contributed by atoms with Crippen molar-refractivity contribution in [1.82, 2.24) is 24.6 Å². The summed E-state index contributed by atoms with van der Waals surface area (Å²) < 4.78 is 2.00. The third-order valence-electron chi connectivity index (χ3n) is 6.00. The Balaban J connectivity index is 1.26. The van der Waals surface area contributed by atoms with E-state index in [0.29, 0.717) is 0 Å². The van der Waals surface area contributed by atoms with Gasteiger partial charge < -0.3 is 0 Å². The summed E-state index contributed by atoms with van der Waals surface area (Å²) in [5.74, 6) is 0.812. The molecular formula is C27H23N5S. The molecule has 33 heavy (non-hydrogen) atoms. The van der Waals surface area contributed by atoms with Crippen LogP contribution in [-0.2, 0) is 19.5 Å². The molecule has 0 saturated carbocycles. The molecule has 0 radical (unpaired) electrons. The molecule has 0 unspecified atom stereocenters. The molecule has 6 heteroatoms. The summed E-state index contributed by atoms with van der Waals surface area (Å²) in [7, 11) is 0. The Kier molecular flexibility index (Phi) is 5.30. The van der Waals surface area contributed by atoms with Crippen molar-refractivity contribution in [3.05, 3.63) is 107 Å². The lowest BCUT2D eigenvalue weighted by atomic mass is 10.1. The highest BCUT2D eigenvalue weighted by atomic mass is 32.1. The van der Waals surface area contributed by atoms with E-state index in [0.717, 1.165) is 48.8 Å². The summed E-state index contributed by atoms with van der Waals surface area (Å²) in [6.07, 6.45) is 5.11. The second-order valence-corrected chi connectivity index (χ2v) is 9.20. The van der Waals surface area contributed by atoms with Crippen molar-refractivity contribution in [2.75, 3.05) is 6.54 Å². The minimum atomic E-state index is 0.812. The van der Waals surface area contributed by atoms with Crippen LogP contribution in [0.5, 0.6) is 0 Å². The van der Waals surface area contributed by atoms with E-state index in [1.165, 1.54) is 21.7 Å². The van der Waals surface area contributed by atoms with Crippen LogP contribution in [0.2, 0.25) is 0 Å². The average Bonchev–Trinajstić information content (AvgIpc) is 3.55. The van der Waals surface area contributed by atoms with E-state index in [-0.39, 0.29) is 0 Å². The van der Waals surface area contributed by atoms with Gasteiger partial charge in [-0.1, -0.05) is 54.6 Å². The summed E-state index contributed by atoms with van der Waals surface area (Å²) >= 11 is 1.73. The zero-order valence-corrected chi connectivity index (χ0v) is 18.9. The van der Waals surface area contributed by atoms with Crippen LogP contribution in [0.3, 0.4) is 0 Å². The van der Waals surface area contributed by atoms with Gasteiger partial charge in [-0.05, 0) is 23.6 Å². The fourth-order valence-electron chi connectivity index (χ4n) is 4.34. The summed E-state index contributed by atoms with van der Waals surface area (Å²) in [5.41, 5.74) is 6.83. The van der Waals surface area contributed by atoms with Gasteiger partial charge >= 0.3 is 0 Å². The number of benzene rings is 2. The van der Waals surface area contributed by atoms with E-state index in [4.69, 9.17) is 10.1 Å². The second-order valence-electron chi connectivity index (χ2n) is 8.25. The Labute approximate surface area is 197 Å². The number of nitrogens with zero attached hydrogens (tertiary/aromatic N) is 5. The number of hydrogen-bond acceptors (Lipinski definition) is 5. The highest BCUT2D eigenvalue weighted by molar-refractivity contribution is 7.13. The van der Waals surface area contributed by atoms with Crippen LogP contribution >= 0.6 is 11.3 Å². The largest absolute Gasteiger partial charge is 0.294 e. The van der Waals surface area contributed by atoms with Gasteiger partial charge in [0.1, 0.15) is 5.69 Å². The van der Waals surface area contributed by atoms with Crippen LogP contribution in [-0.4, -0.2) is 31.2 Å². The number of hydrogen-bond donors (Lipinski definition) is 0. The lowest BCUT2D eigenvalue weighted by molar-refractivity contribution is 0.243. The van der Waals surface area contributed by atoms with Gasteiger partial charge in [0.05, 0.1) is 16.3 Å². The highest BCUT2D eigenvalue weighted by Crippen LogP contribution is 2.30. The van der Waals surface area contributed by atoms with Gasteiger partial charge in [-0.15, -0.1) is 11.3 Å². The van der Waals surface area contributed by atoms with Crippen molar-refractivity contribution in [3.63, 3.8) is 0 Å². The molecule has 0 bridgehead atoms. The van der Waals surface area contributed by atoms with Gasteiger partial charge in [-0.2, -0.15) is 5.10 Å². The average molecular weight is 450 g/mol. The van der Waals surface area contributed by atoms with E-state index < -0.39 is 0 Å². The Morgan fingerprint density at radius 3 is 2.52 bits per heavy atom. The minimum Gasteiger partial charge on any atom is -0.294 e. The van der Waals surface area contributed by atoms with Crippen LogP contribution < -0.4 is 0 Å². The number of fused-ring (bicyclic) bond motifs is 1. The molecule has 0 amide bonds. The van der Waals surface area contributed by atoms with Crippen molar-refractivity contribution in [3.8, 4) is 27.6 Å². The van der Waals surface area contributed by atoms with E-state index in [1.807, 2.05) is 47.3 Å². The maximum absolute atomic E-state index is 4.95. The van der Waals surface area contributed by atoms with E-state index in [9.17, 15) is 0 Å². The van der Waals surface area contributed by atoms with Crippen LogP contribution in [0.25, 0.3) is 27.6 Å². The van der Waals surface area contributed by atoms with Crippen molar-refractivity contribution >= 4 is 11.3 Å². The van der Waals surface area contributed by atoms with Gasteiger partial charge in [0.25, 0.3) is 0 Å². The van der Waals surface area contributed by atoms with E-state index in [2.05, 4.69) is 57.9 Å². The first-order chi connectivity index (χ1) is 16.3. The fraction of sp³-hybridized carbons (Fsp3) is 0.148. The van der Waals surface area contributed by atoms with Gasteiger partial charge in [0.15, 0.2) is 5.82 Å². The first kappa shape index (κ1) is 20.0. The monoisotopic (exact) mass is 449 g/mol. The second kappa shape index (κ2) is 8.73. The number of thiophene rings is 1. The Morgan fingerprint density at radius 1 is 0.909 bits per heavy atom. The number of rotatable bonds is 5. The first-order valence-corrected chi connectivity index (χ1v) is 12.0. The summed E-state index contributed by atoms with van der Waals surface area (Å²) in [4.78, 5) is 13.2.